The SMILES string of the molecule is CCCC(OC)C(CC[CH]([InH2])CCC1CCN(Cc2ccccc2)CC1)OC.Cl. The van der Waals surface area contributed by atoms with Gasteiger partial charge >= 0.3 is 189 Å². The van der Waals surface area contributed by atoms with E-state index in [0.29, 0.717) is 0 Å². The van der Waals surface area contributed by atoms with Crippen LogP contribution in [0.3, 0.4) is 0 Å². The van der Waals surface area contributed by atoms with Crippen LogP contribution < -0.4 is 0 Å². The Morgan fingerprint density at radius 3 is 2.17 bits per heavy atom. The van der Waals surface area contributed by atoms with Crippen LogP contribution in [0.4, 0.5) is 0 Å². The van der Waals surface area contributed by atoms with Crippen molar-refractivity contribution >= 4 is 36.8 Å². The summed E-state index contributed by atoms with van der Waals surface area (Å²) in [6, 6.07) is 10.9. The second-order valence-electron chi connectivity index (χ2n) is 8.80. The summed E-state index contributed by atoms with van der Waals surface area (Å²) in [6.45, 7) is 5.89. The Kier molecular flexibility index (Phi) is 15.0. The molecule has 1 saturated heterocycles. The predicted molar refractivity (Wildman–Crippen MR) is 129 cm³/mol. The second kappa shape index (κ2) is 16.0. The van der Waals surface area contributed by atoms with Crippen molar-refractivity contribution in [2.45, 2.75) is 80.7 Å². The number of halogens is 1. The molecule has 3 nitrogen and oxygen atoms in total. The fourth-order valence-corrected chi connectivity index (χ4v) is 6.49. The van der Waals surface area contributed by atoms with Crippen LogP contribution in [0.15, 0.2) is 30.3 Å². The van der Waals surface area contributed by atoms with Crippen molar-refractivity contribution in [3.8, 4) is 0 Å². The Balaban J connectivity index is 0.00000420. The molecule has 0 saturated carbocycles. The van der Waals surface area contributed by atoms with Gasteiger partial charge in [-0.2, -0.15) is 0 Å². The zero-order valence-corrected chi connectivity index (χ0v) is 25.7. The number of hydrogen-bond acceptors (Lipinski definition) is 3. The van der Waals surface area contributed by atoms with Crippen molar-refractivity contribution < 1.29 is 9.47 Å². The van der Waals surface area contributed by atoms with E-state index in [1.807, 2.05) is 14.2 Å². The summed E-state index contributed by atoms with van der Waals surface area (Å²) >= 11 is 0.729. The first-order valence-corrected chi connectivity index (χ1v) is 14.8. The van der Waals surface area contributed by atoms with E-state index in [0.717, 1.165) is 53.4 Å². The summed E-state index contributed by atoms with van der Waals surface area (Å²) < 4.78 is 12.4. The van der Waals surface area contributed by atoms with Gasteiger partial charge in [-0.1, -0.05) is 0 Å². The summed E-state index contributed by atoms with van der Waals surface area (Å²) in [7, 11) is 3.68. The largest absolute Gasteiger partial charge is 0.147 e. The third-order valence-electron chi connectivity index (χ3n) is 6.56. The number of likely N-dealkylation sites (tertiary alicyclic amines) is 1. The molecule has 0 spiro atoms. The van der Waals surface area contributed by atoms with E-state index in [1.54, 1.807) is 0 Å². The average Bonchev–Trinajstić information content (AvgIpc) is 2.73. The molecule has 2 rings (SSSR count). The summed E-state index contributed by atoms with van der Waals surface area (Å²) in [4.78, 5) is 2.64. The maximum absolute atomic E-state index is 5.75. The zero-order valence-electron chi connectivity index (χ0n) is 19.1. The molecule has 5 heteroatoms. The Morgan fingerprint density at radius 2 is 1.59 bits per heavy atom. The summed E-state index contributed by atoms with van der Waals surface area (Å²) in [6.07, 6.45) is 11.0. The van der Waals surface area contributed by atoms with Crippen LogP contribution in [0.5, 0.6) is 0 Å². The fraction of sp³-hybridized carbons (Fsp3) is 0.750. The predicted octanol–water partition coefficient (Wildman–Crippen LogP) is 5.13. The molecule has 0 amide bonds. The normalized spacial score (nSPS) is 18.7. The van der Waals surface area contributed by atoms with Gasteiger partial charge in [0.2, 0.25) is 0 Å². The van der Waals surface area contributed by atoms with E-state index in [4.69, 9.17) is 9.47 Å². The molecule has 0 radical (unpaired) electrons. The van der Waals surface area contributed by atoms with E-state index in [2.05, 4.69) is 42.2 Å². The fourth-order valence-electron chi connectivity index (χ4n) is 4.58. The van der Waals surface area contributed by atoms with Gasteiger partial charge in [-0.05, 0) is 0 Å². The first-order valence-electron chi connectivity index (χ1n) is 11.5. The van der Waals surface area contributed by atoms with Crippen LogP contribution in [-0.2, 0) is 16.0 Å². The second-order valence-corrected chi connectivity index (χ2v) is 13.5. The molecular formula is C24H43ClInNO2. The minimum atomic E-state index is 0. The number of ether oxygens (including phenoxy) is 2. The van der Waals surface area contributed by atoms with Gasteiger partial charge in [0, 0.05) is 0 Å². The molecule has 1 aliphatic rings. The number of piperidine rings is 1. The molecule has 166 valence electrons. The van der Waals surface area contributed by atoms with Crippen molar-refractivity contribution in [2.24, 2.45) is 5.92 Å². The molecule has 1 aliphatic heterocycles. The molecule has 3 atom stereocenters. The zero-order chi connectivity index (χ0) is 20.2. The Bertz CT molecular complexity index is 511. The van der Waals surface area contributed by atoms with Crippen molar-refractivity contribution in [1.29, 1.82) is 0 Å². The molecule has 0 bridgehead atoms. The Hall–Kier alpha value is 0.260. The summed E-state index contributed by atoms with van der Waals surface area (Å²) in [5.74, 6) is 0.950. The number of nitrogens with zero attached hydrogens (tertiary/aromatic N) is 1. The molecule has 1 fully saturated rings. The molecule has 0 aliphatic carbocycles. The molecule has 29 heavy (non-hydrogen) atoms. The first kappa shape index (κ1) is 27.3. The average molecular weight is 528 g/mol. The van der Waals surface area contributed by atoms with Crippen LogP contribution in [0, 0.1) is 5.92 Å². The summed E-state index contributed by atoms with van der Waals surface area (Å²) in [5.41, 5.74) is 1.45. The minimum Gasteiger partial charge on any atom is -0.147 e. The molecular weight excluding hydrogens is 485 g/mol. The van der Waals surface area contributed by atoms with Crippen molar-refractivity contribution in [3.63, 3.8) is 0 Å². The van der Waals surface area contributed by atoms with Crippen LogP contribution in [0.2, 0.25) is 3.67 Å². The van der Waals surface area contributed by atoms with Crippen LogP contribution in [-0.4, -0.2) is 68.8 Å². The van der Waals surface area contributed by atoms with Gasteiger partial charge in [-0.15, -0.1) is 12.4 Å². The van der Waals surface area contributed by atoms with E-state index >= 15 is 0 Å². The maximum Gasteiger partial charge on any atom is -0.147 e. The standard InChI is InChI=1S/C24H40NO2.ClH.In.2H/c1-4-11-23(26-2)24(27-3)15-10-6-7-12-21-16-18-25(19-17-21)20-22-13-8-5-9-14-22;;;;/h5-6,8-9,13-14,21,23-24H,4,7,10-12,15-20H2,1-3H3;1H;;;. The number of methoxy groups -OCH3 is 2. The van der Waals surface area contributed by atoms with Gasteiger partial charge in [0.25, 0.3) is 0 Å². The van der Waals surface area contributed by atoms with Gasteiger partial charge in [-0.3, -0.25) is 0 Å². The molecule has 1 aromatic rings. The quantitative estimate of drug-likeness (QED) is 0.355. The van der Waals surface area contributed by atoms with E-state index in [9.17, 15) is 0 Å². The smallest absolute Gasteiger partial charge is 0.147 e. The van der Waals surface area contributed by atoms with E-state index < -0.39 is 0 Å². The van der Waals surface area contributed by atoms with Crippen molar-refractivity contribution in [2.75, 3.05) is 27.3 Å². The van der Waals surface area contributed by atoms with Crippen molar-refractivity contribution in [3.05, 3.63) is 35.9 Å². The Labute approximate surface area is 200 Å². The molecule has 3 unspecified atom stereocenters. The van der Waals surface area contributed by atoms with Gasteiger partial charge < -0.3 is 0 Å². The van der Waals surface area contributed by atoms with Crippen LogP contribution in [0.25, 0.3) is 0 Å². The number of rotatable bonds is 13. The topological polar surface area (TPSA) is 21.7 Å². The maximum atomic E-state index is 5.75. The Morgan fingerprint density at radius 1 is 0.966 bits per heavy atom. The third-order valence-corrected chi connectivity index (χ3v) is 9.86. The van der Waals surface area contributed by atoms with Crippen molar-refractivity contribution in [1.82, 2.24) is 4.90 Å². The number of benzene rings is 1. The molecule has 1 heterocycles. The monoisotopic (exact) mass is 527 g/mol. The third kappa shape index (κ3) is 10.4. The molecule has 1 aromatic carbocycles. The number of hydrogen-bond donors (Lipinski definition) is 0. The van der Waals surface area contributed by atoms with Gasteiger partial charge in [-0.25, -0.2) is 0 Å². The molecule has 0 aromatic heterocycles. The van der Waals surface area contributed by atoms with Crippen LogP contribution in [0.1, 0.15) is 63.9 Å². The molecule has 0 N–H and O–H groups in total. The van der Waals surface area contributed by atoms with Crippen LogP contribution >= 0.6 is 12.4 Å². The minimum absolute atomic E-state index is 0. The van der Waals surface area contributed by atoms with E-state index in [1.165, 1.54) is 57.2 Å². The van der Waals surface area contributed by atoms with Gasteiger partial charge in [0.05, 0.1) is 0 Å². The van der Waals surface area contributed by atoms with Gasteiger partial charge in [0.1, 0.15) is 0 Å². The summed E-state index contributed by atoms with van der Waals surface area (Å²) in [5, 5.41) is 0. The van der Waals surface area contributed by atoms with E-state index in [-0.39, 0.29) is 24.6 Å². The first-order chi connectivity index (χ1) is 13.7. The van der Waals surface area contributed by atoms with Gasteiger partial charge in [0.15, 0.2) is 0 Å².